The van der Waals surface area contributed by atoms with Crippen LogP contribution in [0.3, 0.4) is 0 Å². The fraction of sp³-hybridized carbons (Fsp3) is 0. The number of nitrogens with zero attached hydrogens (tertiary/aromatic N) is 2. The van der Waals surface area contributed by atoms with Gasteiger partial charge >= 0.3 is 0 Å². The Morgan fingerprint density at radius 1 is 1.06 bits per heavy atom. The van der Waals surface area contributed by atoms with Crippen molar-refractivity contribution in [2.75, 3.05) is 0 Å². The first-order chi connectivity index (χ1) is 8.31. The molecular weight excluding hydrogens is 238 g/mol. The van der Waals surface area contributed by atoms with E-state index in [1.165, 1.54) is 0 Å². The monoisotopic (exact) mass is 245 g/mol. The molecule has 1 N–H and O–H groups in total. The number of nitrogens with one attached hydrogen (secondary N) is 1. The van der Waals surface area contributed by atoms with Crippen LogP contribution in [0.15, 0.2) is 42.6 Å². The van der Waals surface area contributed by atoms with Gasteiger partial charge in [0.2, 0.25) is 0 Å². The summed E-state index contributed by atoms with van der Waals surface area (Å²) in [5.41, 5.74) is 0. The van der Waals surface area contributed by atoms with Crippen LogP contribution >= 0.6 is 11.6 Å². The van der Waals surface area contributed by atoms with Crippen molar-refractivity contribution in [3.63, 3.8) is 0 Å². The van der Waals surface area contributed by atoms with Crippen LogP contribution in [-0.2, 0) is 0 Å². The van der Waals surface area contributed by atoms with Crippen LogP contribution in [0.4, 0.5) is 0 Å². The van der Waals surface area contributed by atoms with Crippen molar-refractivity contribution in [3.8, 4) is 11.6 Å². The largest absolute Gasteiger partial charge is 0.436 e. The molecule has 3 rings (SSSR count). The van der Waals surface area contributed by atoms with Crippen LogP contribution in [-0.4, -0.2) is 15.4 Å². The number of aromatic amines is 1. The molecule has 0 saturated heterocycles. The molecule has 17 heavy (non-hydrogen) atoms. The minimum atomic E-state index is 0.443. The van der Waals surface area contributed by atoms with Crippen molar-refractivity contribution in [2.45, 2.75) is 0 Å². The van der Waals surface area contributed by atoms with Crippen molar-refractivity contribution in [1.29, 1.82) is 0 Å². The summed E-state index contributed by atoms with van der Waals surface area (Å²) in [4.78, 5) is 0. The zero-order valence-electron chi connectivity index (χ0n) is 8.72. The quantitative estimate of drug-likeness (QED) is 0.753. The van der Waals surface area contributed by atoms with Crippen LogP contribution in [0.25, 0.3) is 10.8 Å². The highest BCUT2D eigenvalue weighted by molar-refractivity contribution is 6.31. The van der Waals surface area contributed by atoms with Crippen molar-refractivity contribution in [2.24, 2.45) is 0 Å². The number of H-pyrrole nitrogens is 1. The van der Waals surface area contributed by atoms with Crippen molar-refractivity contribution in [3.05, 3.63) is 47.6 Å². The van der Waals surface area contributed by atoms with Gasteiger partial charge < -0.3 is 4.74 Å². The number of hydrogen-bond acceptors (Lipinski definition) is 3. The molecule has 2 aromatic carbocycles. The zero-order valence-corrected chi connectivity index (χ0v) is 9.48. The van der Waals surface area contributed by atoms with Gasteiger partial charge in [0.1, 0.15) is 5.75 Å². The Labute approximate surface area is 102 Å². The minimum absolute atomic E-state index is 0.443. The van der Waals surface area contributed by atoms with E-state index in [4.69, 9.17) is 16.3 Å². The van der Waals surface area contributed by atoms with Gasteiger partial charge in [-0.1, -0.05) is 34.0 Å². The summed E-state index contributed by atoms with van der Waals surface area (Å²) in [5.74, 6) is 1.16. The summed E-state index contributed by atoms with van der Waals surface area (Å²) < 4.78 is 5.52. The van der Waals surface area contributed by atoms with Gasteiger partial charge in [-0.05, 0) is 35.0 Å². The molecule has 0 aliphatic heterocycles. The number of fused-ring (bicyclic) bond motifs is 1. The molecule has 0 unspecified atom stereocenters. The topological polar surface area (TPSA) is 50.8 Å². The number of rotatable bonds is 2. The number of halogens is 1. The summed E-state index contributed by atoms with van der Waals surface area (Å²) in [5, 5.41) is 12.8. The molecule has 0 spiro atoms. The highest BCUT2D eigenvalue weighted by Gasteiger charge is 2.01. The number of benzene rings is 2. The molecule has 3 aromatic rings. The molecule has 0 radical (unpaired) electrons. The maximum Gasteiger partial charge on any atom is 0.258 e. The third kappa shape index (κ3) is 2.07. The van der Waals surface area contributed by atoms with Gasteiger partial charge in [0.25, 0.3) is 5.88 Å². The van der Waals surface area contributed by atoms with Crippen LogP contribution in [0.2, 0.25) is 5.02 Å². The minimum Gasteiger partial charge on any atom is -0.436 e. The zero-order chi connectivity index (χ0) is 11.7. The summed E-state index contributed by atoms with van der Waals surface area (Å²) in [7, 11) is 0. The van der Waals surface area contributed by atoms with E-state index in [1.807, 2.05) is 36.4 Å². The molecule has 0 bridgehead atoms. The molecule has 4 nitrogen and oxygen atoms in total. The van der Waals surface area contributed by atoms with Gasteiger partial charge in [-0.25, -0.2) is 0 Å². The Hall–Kier alpha value is -2.07. The van der Waals surface area contributed by atoms with Crippen LogP contribution < -0.4 is 4.74 Å². The molecule has 0 amide bonds. The van der Waals surface area contributed by atoms with Gasteiger partial charge in [-0.3, -0.25) is 5.10 Å². The third-order valence-corrected chi connectivity index (χ3v) is 2.63. The Morgan fingerprint density at radius 3 is 2.71 bits per heavy atom. The second-order valence-corrected chi connectivity index (χ2v) is 4.00. The first kappa shape index (κ1) is 10.1. The fourth-order valence-electron chi connectivity index (χ4n) is 1.62. The van der Waals surface area contributed by atoms with Crippen molar-refractivity contribution < 1.29 is 4.74 Å². The maximum absolute atomic E-state index is 5.92. The van der Waals surface area contributed by atoms with E-state index in [2.05, 4.69) is 15.4 Å². The highest BCUT2D eigenvalue weighted by atomic mass is 35.5. The Morgan fingerprint density at radius 2 is 1.88 bits per heavy atom. The standard InChI is InChI=1S/C12H8ClN3O/c13-10-3-1-9-6-11(4-2-8(9)5-10)17-12-7-14-16-15-12/h1-7H,(H,14,15,16). The van der Waals surface area contributed by atoms with E-state index in [1.54, 1.807) is 6.20 Å². The summed E-state index contributed by atoms with van der Waals surface area (Å²) in [6.45, 7) is 0. The molecular formula is C12H8ClN3O. The van der Waals surface area contributed by atoms with E-state index in [0.717, 1.165) is 15.8 Å². The SMILES string of the molecule is Clc1ccc2cc(Oc3c[nH]nn3)ccc2c1. The summed E-state index contributed by atoms with van der Waals surface area (Å²) in [6, 6.07) is 11.5. The molecule has 0 atom stereocenters. The van der Waals surface area contributed by atoms with Gasteiger partial charge in [0.15, 0.2) is 0 Å². The maximum atomic E-state index is 5.92. The van der Waals surface area contributed by atoms with Gasteiger partial charge in [-0.15, -0.1) is 0 Å². The first-order valence-corrected chi connectivity index (χ1v) is 5.43. The van der Waals surface area contributed by atoms with Gasteiger partial charge in [0, 0.05) is 5.02 Å². The molecule has 84 valence electrons. The van der Waals surface area contributed by atoms with Crippen LogP contribution in [0, 0.1) is 0 Å². The number of ether oxygens (including phenoxy) is 1. The third-order valence-electron chi connectivity index (χ3n) is 2.39. The van der Waals surface area contributed by atoms with E-state index in [9.17, 15) is 0 Å². The van der Waals surface area contributed by atoms with Crippen molar-refractivity contribution >= 4 is 22.4 Å². The average Bonchev–Trinajstić information content (AvgIpc) is 2.82. The fourth-order valence-corrected chi connectivity index (χ4v) is 1.80. The van der Waals surface area contributed by atoms with E-state index in [0.29, 0.717) is 11.6 Å². The lowest BCUT2D eigenvalue weighted by molar-refractivity contribution is 0.462. The smallest absolute Gasteiger partial charge is 0.258 e. The van der Waals surface area contributed by atoms with Crippen LogP contribution in [0.1, 0.15) is 0 Å². The number of aromatic nitrogens is 3. The Kier molecular flexibility index (Phi) is 2.42. The van der Waals surface area contributed by atoms with Crippen molar-refractivity contribution in [1.82, 2.24) is 15.4 Å². The summed E-state index contributed by atoms with van der Waals surface area (Å²) in [6.07, 6.45) is 1.59. The summed E-state index contributed by atoms with van der Waals surface area (Å²) >= 11 is 5.92. The Balaban J connectivity index is 1.99. The second kappa shape index (κ2) is 4.07. The molecule has 1 heterocycles. The molecule has 0 fully saturated rings. The first-order valence-electron chi connectivity index (χ1n) is 5.05. The molecule has 0 aliphatic carbocycles. The average molecular weight is 246 g/mol. The van der Waals surface area contributed by atoms with E-state index < -0.39 is 0 Å². The highest BCUT2D eigenvalue weighted by Crippen LogP contribution is 2.26. The lowest BCUT2D eigenvalue weighted by Crippen LogP contribution is -1.84. The van der Waals surface area contributed by atoms with Gasteiger partial charge in [-0.2, -0.15) is 0 Å². The normalized spacial score (nSPS) is 10.6. The predicted octanol–water partition coefficient (Wildman–Crippen LogP) is 3.40. The second-order valence-electron chi connectivity index (χ2n) is 3.57. The van der Waals surface area contributed by atoms with Gasteiger partial charge in [0.05, 0.1) is 6.20 Å². The number of hydrogen-bond donors (Lipinski definition) is 1. The van der Waals surface area contributed by atoms with E-state index in [-0.39, 0.29) is 0 Å². The molecule has 5 heteroatoms. The lowest BCUT2D eigenvalue weighted by atomic mass is 10.1. The molecule has 1 aromatic heterocycles. The molecule has 0 aliphatic rings. The predicted molar refractivity (Wildman–Crippen MR) is 65.4 cm³/mol. The van der Waals surface area contributed by atoms with E-state index >= 15 is 0 Å². The van der Waals surface area contributed by atoms with Crippen LogP contribution in [0.5, 0.6) is 11.6 Å². The lowest BCUT2D eigenvalue weighted by Gasteiger charge is -2.03. The Bertz CT molecular complexity index is 652. The molecule has 0 saturated carbocycles.